The number of halogens is 1. The number of anilines is 2. The monoisotopic (exact) mass is 662 g/mol. The van der Waals surface area contributed by atoms with Crippen molar-refractivity contribution in [2.45, 2.75) is 26.1 Å². The van der Waals surface area contributed by atoms with Crippen LogP contribution in [0, 0.1) is 12.7 Å². The van der Waals surface area contributed by atoms with Crippen molar-refractivity contribution in [1.29, 1.82) is 0 Å². The third-order valence-corrected chi connectivity index (χ3v) is 7.97. The first-order chi connectivity index (χ1) is 23.8. The second-order valence-electron chi connectivity index (χ2n) is 11.5. The minimum absolute atomic E-state index is 0.0111. The van der Waals surface area contributed by atoms with Crippen molar-refractivity contribution >= 4 is 17.4 Å². The van der Waals surface area contributed by atoms with Gasteiger partial charge in [0, 0.05) is 60.6 Å². The van der Waals surface area contributed by atoms with E-state index < -0.39 is 11.3 Å². The number of aryl methyl sites for hydroxylation is 1. The zero-order valence-electron chi connectivity index (χ0n) is 26.4. The lowest BCUT2D eigenvalue weighted by Crippen LogP contribution is -2.32. The summed E-state index contributed by atoms with van der Waals surface area (Å²) in [4.78, 5) is 31.4. The van der Waals surface area contributed by atoms with E-state index in [0.717, 1.165) is 22.3 Å². The van der Waals surface area contributed by atoms with E-state index in [0.29, 0.717) is 43.4 Å². The number of pyridine rings is 2. The van der Waals surface area contributed by atoms with E-state index in [-0.39, 0.29) is 41.4 Å². The van der Waals surface area contributed by atoms with E-state index in [1.165, 1.54) is 24.5 Å². The average Bonchev–Trinajstić information content (AvgIpc) is 3.76. The van der Waals surface area contributed by atoms with Gasteiger partial charge in [0.15, 0.2) is 0 Å². The van der Waals surface area contributed by atoms with Crippen LogP contribution < -0.4 is 16.5 Å². The second kappa shape index (κ2) is 13.6. The van der Waals surface area contributed by atoms with Crippen molar-refractivity contribution in [3.8, 4) is 33.7 Å². The minimum Gasteiger partial charge on any atom is -0.421 e. The Bertz CT molecular complexity index is 2170. The molecule has 2 aromatic carbocycles. The predicted molar refractivity (Wildman–Crippen MR) is 178 cm³/mol. The number of rotatable bonds is 9. The molecule has 6 aromatic rings. The predicted octanol–water partition coefficient (Wildman–Crippen LogP) is 4.57. The summed E-state index contributed by atoms with van der Waals surface area (Å²) in [5.41, 5.74) is 10.0. The van der Waals surface area contributed by atoms with Gasteiger partial charge < -0.3 is 29.5 Å². The number of nitrogens with two attached hydrogens (primary N) is 1. The van der Waals surface area contributed by atoms with Crippen LogP contribution in [0.25, 0.3) is 33.7 Å². The fraction of sp³-hybridized carbons (Fsp3) is 0.200. The Labute approximate surface area is 279 Å². The molecular weight excluding hydrogens is 631 g/mol. The Morgan fingerprint density at radius 1 is 0.980 bits per heavy atom. The van der Waals surface area contributed by atoms with Gasteiger partial charge in [-0.2, -0.15) is 5.10 Å². The third-order valence-electron chi connectivity index (χ3n) is 7.97. The smallest absolute Gasteiger partial charge is 0.261 e. The van der Waals surface area contributed by atoms with Gasteiger partial charge in [0.1, 0.15) is 28.9 Å². The van der Waals surface area contributed by atoms with E-state index in [1.807, 2.05) is 16.9 Å². The molecule has 1 amide bonds. The molecule has 3 N–H and O–H groups in total. The Balaban J connectivity index is 1.11. The molecule has 1 atom stereocenters. The van der Waals surface area contributed by atoms with Crippen molar-refractivity contribution < 1.29 is 23.1 Å². The lowest BCUT2D eigenvalue weighted by Gasteiger charge is -2.22. The number of nitrogen functional groups attached to an aromatic ring is 1. The molecule has 0 aliphatic carbocycles. The number of ether oxygens (including phenoxy) is 2. The fourth-order valence-corrected chi connectivity index (χ4v) is 5.50. The van der Waals surface area contributed by atoms with Crippen LogP contribution >= 0.6 is 0 Å². The van der Waals surface area contributed by atoms with Crippen molar-refractivity contribution in [2.75, 3.05) is 30.9 Å². The summed E-state index contributed by atoms with van der Waals surface area (Å²) in [6.45, 7) is 4.14. The highest BCUT2D eigenvalue weighted by Crippen LogP contribution is 2.30. The summed E-state index contributed by atoms with van der Waals surface area (Å²) >= 11 is 0. The first kappa shape index (κ1) is 31.6. The maximum absolute atomic E-state index is 13.5. The molecule has 14 heteroatoms. The van der Waals surface area contributed by atoms with E-state index in [1.54, 1.807) is 60.3 Å². The molecule has 248 valence electrons. The van der Waals surface area contributed by atoms with Crippen LogP contribution in [-0.4, -0.2) is 61.4 Å². The molecule has 0 spiro atoms. The lowest BCUT2D eigenvalue weighted by atomic mass is 10.0. The molecule has 1 fully saturated rings. The van der Waals surface area contributed by atoms with Gasteiger partial charge in [0.2, 0.25) is 11.3 Å². The summed E-state index contributed by atoms with van der Waals surface area (Å²) in [5.74, 6) is -0.397. The average molecular weight is 663 g/mol. The molecular formula is C35H31FN8O5. The maximum atomic E-state index is 13.5. The van der Waals surface area contributed by atoms with E-state index in [4.69, 9.17) is 19.6 Å². The van der Waals surface area contributed by atoms with Crippen LogP contribution in [0.1, 0.15) is 21.8 Å². The summed E-state index contributed by atoms with van der Waals surface area (Å²) < 4.78 is 33.7. The number of nitrogens with zero attached hydrogens (tertiary/aromatic N) is 6. The van der Waals surface area contributed by atoms with Gasteiger partial charge in [-0.15, -0.1) is 10.2 Å². The van der Waals surface area contributed by atoms with Crippen molar-refractivity contribution in [3.05, 3.63) is 119 Å². The highest BCUT2D eigenvalue weighted by atomic mass is 19.1. The van der Waals surface area contributed by atoms with Gasteiger partial charge in [-0.25, -0.2) is 9.37 Å². The summed E-state index contributed by atoms with van der Waals surface area (Å²) in [7, 11) is 0. The van der Waals surface area contributed by atoms with Crippen LogP contribution in [0.3, 0.4) is 0 Å². The van der Waals surface area contributed by atoms with Crippen molar-refractivity contribution in [2.24, 2.45) is 0 Å². The Kier molecular flexibility index (Phi) is 8.79. The molecule has 0 bridgehead atoms. The zero-order valence-corrected chi connectivity index (χ0v) is 26.4. The molecule has 1 aliphatic rings. The van der Waals surface area contributed by atoms with E-state index in [2.05, 4.69) is 25.6 Å². The summed E-state index contributed by atoms with van der Waals surface area (Å²) in [5, 5.41) is 15.1. The minimum atomic E-state index is -0.630. The third kappa shape index (κ3) is 7.15. The molecule has 13 nitrogen and oxygen atoms in total. The molecule has 5 heterocycles. The number of hydrogen-bond acceptors (Lipinski definition) is 10. The highest BCUT2D eigenvalue weighted by Gasteiger charge is 2.20. The van der Waals surface area contributed by atoms with Gasteiger partial charge in [-0.05, 0) is 41.5 Å². The van der Waals surface area contributed by atoms with Gasteiger partial charge in [0.25, 0.3) is 11.8 Å². The maximum Gasteiger partial charge on any atom is 0.261 e. The summed E-state index contributed by atoms with van der Waals surface area (Å²) in [6.07, 6.45) is 8.31. The SMILES string of the molecule is Cc1nnc(-c2cn(Cc3ccc(F)cc3)cc(C(=O)Nc3ccc(-c4cc(-c5cnn(C[C@H]6COCCO6)c5)cnc4N)cc3)c2=O)o1. The Hall–Kier alpha value is -5.99. The number of carbonyl (C=O) groups excluding carboxylic acids is 1. The first-order valence-corrected chi connectivity index (χ1v) is 15.5. The molecule has 0 saturated carbocycles. The standard InChI is InChI=1S/C35H31FN8O5/c1-21-41-42-35(49-21)31-19-43(15-22-2-6-26(36)7-3-22)18-30(32(31)45)34(46)40-27-8-4-23(5-9-27)29-12-24(13-38-33(29)37)25-14-39-44(16-25)17-28-20-47-10-11-48-28/h2-9,12-14,16,18-19,28H,10-11,15,17,20H2,1H3,(H2,37,38)(H,40,46)/t28-/m0/s1. The van der Waals surface area contributed by atoms with Crippen LogP contribution in [-0.2, 0) is 22.6 Å². The number of amides is 1. The van der Waals surface area contributed by atoms with Crippen LogP contribution in [0.4, 0.5) is 15.9 Å². The number of carbonyl (C=O) groups is 1. The van der Waals surface area contributed by atoms with Gasteiger partial charge in [-0.1, -0.05) is 24.3 Å². The van der Waals surface area contributed by atoms with Gasteiger partial charge in [0.05, 0.1) is 32.6 Å². The van der Waals surface area contributed by atoms with Gasteiger partial charge in [-0.3, -0.25) is 14.3 Å². The van der Waals surface area contributed by atoms with Crippen LogP contribution in [0.5, 0.6) is 0 Å². The molecule has 1 saturated heterocycles. The van der Waals surface area contributed by atoms with Crippen LogP contribution in [0.15, 0.2) is 94.8 Å². The largest absolute Gasteiger partial charge is 0.421 e. The molecule has 7 rings (SSSR count). The number of hydrogen-bond donors (Lipinski definition) is 2. The van der Waals surface area contributed by atoms with Crippen molar-refractivity contribution in [3.63, 3.8) is 0 Å². The summed E-state index contributed by atoms with van der Waals surface area (Å²) in [6, 6.07) is 14.9. The van der Waals surface area contributed by atoms with E-state index in [9.17, 15) is 14.0 Å². The number of aromatic nitrogens is 6. The normalized spacial score (nSPS) is 14.5. The highest BCUT2D eigenvalue weighted by molar-refractivity contribution is 6.04. The second-order valence-corrected chi connectivity index (χ2v) is 11.5. The molecule has 0 radical (unpaired) electrons. The van der Waals surface area contributed by atoms with Crippen LogP contribution in [0.2, 0.25) is 0 Å². The zero-order chi connectivity index (χ0) is 33.9. The molecule has 4 aromatic heterocycles. The van der Waals surface area contributed by atoms with Gasteiger partial charge >= 0.3 is 0 Å². The quantitative estimate of drug-likeness (QED) is 0.224. The molecule has 1 aliphatic heterocycles. The number of benzene rings is 2. The first-order valence-electron chi connectivity index (χ1n) is 15.5. The Morgan fingerprint density at radius 3 is 2.53 bits per heavy atom. The van der Waals surface area contributed by atoms with Crippen molar-refractivity contribution in [1.82, 2.24) is 29.5 Å². The molecule has 0 unspecified atom stereocenters. The fourth-order valence-electron chi connectivity index (χ4n) is 5.50. The van der Waals surface area contributed by atoms with E-state index >= 15 is 0 Å². The number of nitrogens with one attached hydrogen (secondary N) is 1. The topological polar surface area (TPSA) is 165 Å². The lowest BCUT2D eigenvalue weighted by molar-refractivity contribution is -0.0946. The Morgan fingerprint density at radius 2 is 1.80 bits per heavy atom. The molecule has 49 heavy (non-hydrogen) atoms.